The number of hydrogen-bond acceptors (Lipinski definition) is 9. The first-order valence-corrected chi connectivity index (χ1v) is 17.8. The summed E-state index contributed by atoms with van der Waals surface area (Å²) in [6.45, 7) is 10.6. The Balaban J connectivity index is 0.000000286. The molecule has 51 heavy (non-hydrogen) atoms. The molecule has 12 nitrogen and oxygen atoms in total. The second-order valence-corrected chi connectivity index (χ2v) is 15.0. The van der Waals surface area contributed by atoms with E-state index in [9.17, 15) is 14.4 Å². The Hall–Kier alpha value is -3.69. The van der Waals surface area contributed by atoms with Crippen LogP contribution in [-0.4, -0.2) is 114 Å². The van der Waals surface area contributed by atoms with Gasteiger partial charge in [0, 0.05) is 66.4 Å². The quantitative estimate of drug-likeness (QED) is 0.278. The van der Waals surface area contributed by atoms with Gasteiger partial charge in [-0.2, -0.15) is 0 Å². The van der Waals surface area contributed by atoms with E-state index in [1.807, 2.05) is 107 Å². The zero-order chi connectivity index (χ0) is 37.9. The molecule has 2 saturated heterocycles. The van der Waals surface area contributed by atoms with Crippen molar-refractivity contribution in [2.24, 2.45) is 0 Å². The van der Waals surface area contributed by atoms with Gasteiger partial charge in [-0.25, -0.2) is 4.79 Å². The van der Waals surface area contributed by atoms with Gasteiger partial charge in [0.2, 0.25) is 11.8 Å². The van der Waals surface area contributed by atoms with Gasteiger partial charge in [-0.15, -0.1) is 0 Å². The van der Waals surface area contributed by atoms with Crippen LogP contribution in [0.5, 0.6) is 0 Å². The van der Waals surface area contributed by atoms with Crippen LogP contribution in [0.25, 0.3) is 0 Å². The third-order valence-electron chi connectivity index (χ3n) is 7.91. The molecule has 0 radical (unpaired) electrons. The standard InChI is InChI=1S/C21H31N3O4S.C16H23N3O2S/c1-14(25)22-16-9-7-8-15(10-16)13-27-17-11-18(19(29)23(5)6)24(12-17)20(26)28-21(2,3)4;1-11(20)18-13-6-4-5-12(7-13)10-21-14-8-15(17-9-14)16(22)19(2)3/h7-10,17-18H,11-13H2,1-6H3,(H,22,25);4-7,14-15,17H,8-10H2,1-3H3,(H,18,20)/t17-,18+;14-,15+/m11/s1. The number of nitrogens with one attached hydrogen (secondary N) is 3. The van der Waals surface area contributed by atoms with Crippen LogP contribution in [0.1, 0.15) is 58.6 Å². The number of benzene rings is 2. The second-order valence-electron chi connectivity index (χ2n) is 14.2. The molecule has 0 aliphatic carbocycles. The molecular weight excluding hydrogens is 689 g/mol. The lowest BCUT2D eigenvalue weighted by atomic mass is 10.1. The Morgan fingerprint density at radius 2 is 1.33 bits per heavy atom. The highest BCUT2D eigenvalue weighted by atomic mass is 32.1. The fourth-order valence-electron chi connectivity index (χ4n) is 5.62. The highest BCUT2D eigenvalue weighted by Gasteiger charge is 2.41. The van der Waals surface area contributed by atoms with Crippen LogP contribution in [0.4, 0.5) is 16.2 Å². The van der Waals surface area contributed by atoms with E-state index in [0.717, 1.165) is 40.5 Å². The number of hydrogen-bond donors (Lipinski definition) is 3. The molecule has 2 aromatic carbocycles. The third kappa shape index (κ3) is 14.1. The molecule has 14 heteroatoms. The van der Waals surface area contributed by atoms with Gasteiger partial charge in [0.1, 0.15) is 10.6 Å². The van der Waals surface area contributed by atoms with Crippen LogP contribution in [-0.2, 0) is 37.0 Å². The van der Waals surface area contributed by atoms with E-state index < -0.39 is 5.60 Å². The predicted molar refractivity (Wildman–Crippen MR) is 209 cm³/mol. The Bertz CT molecular complexity index is 1530. The Morgan fingerprint density at radius 1 is 0.824 bits per heavy atom. The zero-order valence-electron chi connectivity index (χ0n) is 31.3. The molecule has 2 heterocycles. The minimum atomic E-state index is -0.579. The van der Waals surface area contributed by atoms with Gasteiger partial charge in [-0.05, 0) is 62.6 Å². The molecule has 2 aliphatic rings. The third-order valence-corrected chi connectivity index (χ3v) is 9.20. The summed E-state index contributed by atoms with van der Waals surface area (Å²) in [5.74, 6) is -0.190. The first-order valence-electron chi connectivity index (χ1n) is 17.0. The number of amides is 3. The maximum absolute atomic E-state index is 12.7. The van der Waals surface area contributed by atoms with E-state index in [4.69, 9.17) is 38.6 Å². The number of likely N-dealkylation sites (tertiary alicyclic amines) is 1. The summed E-state index contributed by atoms with van der Waals surface area (Å²) in [6, 6.07) is 15.2. The monoisotopic (exact) mass is 742 g/mol. The molecule has 280 valence electrons. The molecule has 4 atom stereocenters. The van der Waals surface area contributed by atoms with Gasteiger partial charge < -0.3 is 40.0 Å². The van der Waals surface area contributed by atoms with E-state index in [1.54, 1.807) is 4.90 Å². The minimum absolute atomic E-state index is 0.0712. The topological polar surface area (TPSA) is 125 Å². The van der Waals surface area contributed by atoms with Crippen molar-refractivity contribution in [2.45, 2.75) is 90.6 Å². The second kappa shape index (κ2) is 19.2. The molecule has 0 unspecified atom stereocenters. The van der Waals surface area contributed by atoms with Gasteiger partial charge in [0.15, 0.2) is 0 Å². The molecule has 0 spiro atoms. The van der Waals surface area contributed by atoms with Crippen LogP contribution in [0, 0.1) is 0 Å². The summed E-state index contributed by atoms with van der Waals surface area (Å²) in [5, 5.41) is 8.94. The lowest BCUT2D eigenvalue weighted by Crippen LogP contribution is -2.46. The highest BCUT2D eigenvalue weighted by molar-refractivity contribution is 7.80. The van der Waals surface area contributed by atoms with Crippen molar-refractivity contribution >= 4 is 63.7 Å². The Kier molecular flexibility index (Phi) is 15.7. The predicted octanol–water partition coefficient (Wildman–Crippen LogP) is 5.21. The molecule has 2 aromatic rings. The number of carbonyl (C=O) groups excluding carboxylic acids is 3. The first-order chi connectivity index (χ1) is 23.9. The zero-order valence-corrected chi connectivity index (χ0v) is 32.9. The lowest BCUT2D eigenvalue weighted by molar-refractivity contribution is -0.115. The van der Waals surface area contributed by atoms with Crippen LogP contribution in [0.15, 0.2) is 48.5 Å². The highest BCUT2D eigenvalue weighted by Crippen LogP contribution is 2.26. The van der Waals surface area contributed by atoms with Crippen molar-refractivity contribution in [3.05, 3.63) is 59.7 Å². The molecular formula is C37H54N6O6S2. The molecule has 0 bridgehead atoms. The SMILES string of the molecule is CC(=O)Nc1cccc(CO[C@@H]2C[C@@H](C(=S)N(C)C)N(C(=O)OC(C)(C)C)C2)c1.CC(=O)Nc1cccc(CO[C@H]2CN[C@H](C(=S)N(C)C)C2)c1. The van der Waals surface area contributed by atoms with Crippen LogP contribution < -0.4 is 16.0 Å². The summed E-state index contributed by atoms with van der Waals surface area (Å²) in [7, 11) is 7.67. The number of carbonyl (C=O) groups is 3. The average molecular weight is 743 g/mol. The number of ether oxygens (including phenoxy) is 3. The van der Waals surface area contributed by atoms with Crippen LogP contribution in [0.3, 0.4) is 0 Å². The van der Waals surface area contributed by atoms with E-state index in [-0.39, 0.29) is 42.2 Å². The van der Waals surface area contributed by atoms with Crippen molar-refractivity contribution in [2.75, 3.05) is 51.9 Å². The van der Waals surface area contributed by atoms with Crippen molar-refractivity contribution in [1.29, 1.82) is 0 Å². The Labute approximate surface area is 313 Å². The van der Waals surface area contributed by atoms with Gasteiger partial charge in [-0.3, -0.25) is 14.5 Å². The number of thiocarbonyl (C=S) groups is 2. The van der Waals surface area contributed by atoms with Gasteiger partial charge in [0.05, 0.1) is 49.0 Å². The number of likely N-dealkylation sites (N-methyl/N-ethyl adjacent to an activating group) is 2. The molecule has 2 fully saturated rings. The number of rotatable bonds is 10. The fourth-order valence-corrected chi connectivity index (χ4v) is 6.02. The smallest absolute Gasteiger partial charge is 0.410 e. The van der Waals surface area contributed by atoms with E-state index in [2.05, 4.69) is 16.0 Å². The largest absolute Gasteiger partial charge is 0.444 e. The minimum Gasteiger partial charge on any atom is -0.444 e. The molecule has 0 saturated carbocycles. The number of nitrogens with zero attached hydrogens (tertiary/aromatic N) is 3. The molecule has 4 rings (SSSR count). The fraction of sp³-hybridized carbons (Fsp3) is 0.541. The van der Waals surface area contributed by atoms with E-state index in [0.29, 0.717) is 31.2 Å². The normalized spacial score (nSPS) is 19.7. The first kappa shape index (κ1) is 41.7. The molecule has 2 aliphatic heterocycles. The van der Waals surface area contributed by atoms with Gasteiger partial charge in [-0.1, -0.05) is 48.7 Å². The molecule has 3 amide bonds. The summed E-state index contributed by atoms with van der Waals surface area (Å²) in [5.41, 5.74) is 2.94. The van der Waals surface area contributed by atoms with Gasteiger partial charge >= 0.3 is 6.09 Å². The van der Waals surface area contributed by atoms with Gasteiger partial charge in [0.25, 0.3) is 0 Å². The molecule has 0 aromatic heterocycles. The summed E-state index contributed by atoms with van der Waals surface area (Å²) >= 11 is 10.9. The maximum atomic E-state index is 12.7. The summed E-state index contributed by atoms with van der Waals surface area (Å²) < 4.78 is 17.6. The van der Waals surface area contributed by atoms with Crippen LogP contribution >= 0.6 is 24.4 Å². The number of anilines is 2. The Morgan fingerprint density at radius 3 is 1.80 bits per heavy atom. The summed E-state index contributed by atoms with van der Waals surface area (Å²) in [6.07, 6.45) is 1.12. The summed E-state index contributed by atoms with van der Waals surface area (Å²) in [4.78, 5) is 42.1. The lowest BCUT2D eigenvalue weighted by Gasteiger charge is -2.30. The van der Waals surface area contributed by atoms with Crippen molar-refractivity contribution < 1.29 is 28.6 Å². The average Bonchev–Trinajstić information content (AvgIpc) is 3.69. The van der Waals surface area contributed by atoms with E-state index in [1.165, 1.54) is 13.8 Å². The van der Waals surface area contributed by atoms with Crippen LogP contribution in [0.2, 0.25) is 0 Å². The van der Waals surface area contributed by atoms with Crippen molar-refractivity contribution in [3.8, 4) is 0 Å². The van der Waals surface area contributed by atoms with Crippen molar-refractivity contribution in [3.63, 3.8) is 0 Å². The van der Waals surface area contributed by atoms with E-state index >= 15 is 0 Å². The maximum Gasteiger partial charge on any atom is 0.410 e. The van der Waals surface area contributed by atoms with Crippen molar-refractivity contribution in [1.82, 2.24) is 20.0 Å². The molecule has 3 N–H and O–H groups in total.